The van der Waals surface area contributed by atoms with E-state index < -0.39 is 0 Å². The van der Waals surface area contributed by atoms with E-state index in [0.29, 0.717) is 11.9 Å². The third kappa shape index (κ3) is 5.04. The van der Waals surface area contributed by atoms with Crippen LogP contribution in [0.25, 0.3) is 10.8 Å². The number of carbonyl (C=O) groups is 1. The predicted octanol–water partition coefficient (Wildman–Crippen LogP) is 2.34. The van der Waals surface area contributed by atoms with E-state index in [1.54, 1.807) is 6.07 Å². The maximum Gasteiger partial charge on any atom is 0.275 e. The number of hydrogen-bond acceptors (Lipinski definition) is 4. The van der Waals surface area contributed by atoms with Crippen molar-refractivity contribution in [3.8, 4) is 0 Å². The molecule has 6 nitrogen and oxygen atoms in total. The molecule has 2 aromatic carbocycles. The van der Waals surface area contributed by atoms with Gasteiger partial charge >= 0.3 is 0 Å². The van der Waals surface area contributed by atoms with E-state index in [9.17, 15) is 9.59 Å². The molecule has 0 aliphatic heterocycles. The van der Waals surface area contributed by atoms with Gasteiger partial charge in [-0.25, -0.2) is 4.68 Å². The van der Waals surface area contributed by atoms with E-state index in [1.807, 2.05) is 43.3 Å². The van der Waals surface area contributed by atoms with Crippen molar-refractivity contribution in [1.29, 1.82) is 0 Å². The molecule has 0 saturated heterocycles. The van der Waals surface area contributed by atoms with Crippen molar-refractivity contribution in [3.63, 3.8) is 0 Å². The lowest BCUT2D eigenvalue weighted by atomic mass is 10.1. The molecule has 28 heavy (non-hydrogen) atoms. The van der Waals surface area contributed by atoms with Gasteiger partial charge in [0.05, 0.1) is 11.1 Å². The summed E-state index contributed by atoms with van der Waals surface area (Å²) in [7, 11) is 2.07. The maximum absolute atomic E-state index is 12.5. The summed E-state index contributed by atoms with van der Waals surface area (Å²) < 4.78 is 1.24. The lowest BCUT2D eigenvalue weighted by Crippen LogP contribution is -2.35. The van der Waals surface area contributed by atoms with Crippen LogP contribution in [0.2, 0.25) is 0 Å². The fourth-order valence-corrected chi connectivity index (χ4v) is 3.25. The summed E-state index contributed by atoms with van der Waals surface area (Å²) in [4.78, 5) is 27.0. The fraction of sp³-hybridized carbons (Fsp3) is 0.318. The van der Waals surface area contributed by atoms with Crippen molar-refractivity contribution in [3.05, 3.63) is 76.2 Å². The molecule has 0 aliphatic rings. The lowest BCUT2D eigenvalue weighted by Gasteiger charge is -2.16. The average Bonchev–Trinajstić information content (AvgIpc) is 2.70. The summed E-state index contributed by atoms with van der Waals surface area (Å²) in [5, 5.41) is 8.57. The van der Waals surface area contributed by atoms with Crippen LogP contribution in [0.5, 0.6) is 0 Å². The number of rotatable bonds is 8. The molecule has 1 heterocycles. The van der Waals surface area contributed by atoms with E-state index >= 15 is 0 Å². The first-order valence-electron chi connectivity index (χ1n) is 9.50. The van der Waals surface area contributed by atoms with Crippen molar-refractivity contribution in [2.24, 2.45) is 0 Å². The second-order valence-corrected chi connectivity index (χ2v) is 7.02. The molecular weight excluding hydrogens is 352 g/mol. The van der Waals surface area contributed by atoms with Gasteiger partial charge in [0.1, 0.15) is 6.54 Å². The molecule has 0 aliphatic carbocycles. The van der Waals surface area contributed by atoms with Gasteiger partial charge < -0.3 is 10.2 Å². The molecule has 0 fully saturated rings. The Labute approximate surface area is 164 Å². The first-order chi connectivity index (χ1) is 13.5. The van der Waals surface area contributed by atoms with Gasteiger partial charge in [-0.15, -0.1) is 0 Å². The van der Waals surface area contributed by atoms with Gasteiger partial charge in [-0.05, 0) is 38.6 Å². The smallest absolute Gasteiger partial charge is 0.275 e. The number of nitrogens with zero attached hydrogens (tertiary/aromatic N) is 3. The molecule has 0 unspecified atom stereocenters. The second kappa shape index (κ2) is 9.28. The molecule has 0 spiro atoms. The minimum Gasteiger partial charge on any atom is -0.354 e. The van der Waals surface area contributed by atoms with Crippen LogP contribution in [0.3, 0.4) is 0 Å². The van der Waals surface area contributed by atoms with E-state index in [1.165, 1.54) is 10.2 Å². The highest BCUT2D eigenvalue weighted by atomic mass is 16.2. The Morgan fingerprint density at radius 2 is 1.75 bits per heavy atom. The van der Waals surface area contributed by atoms with Gasteiger partial charge in [0.2, 0.25) is 5.91 Å². The Morgan fingerprint density at radius 1 is 1.07 bits per heavy atom. The Kier molecular flexibility index (Phi) is 6.55. The van der Waals surface area contributed by atoms with Gasteiger partial charge in [0.15, 0.2) is 0 Å². The Morgan fingerprint density at radius 3 is 2.50 bits per heavy atom. The van der Waals surface area contributed by atoms with E-state index in [0.717, 1.165) is 30.6 Å². The minimum absolute atomic E-state index is 0.0651. The molecule has 3 rings (SSSR count). The Hall–Kier alpha value is -2.99. The highest BCUT2D eigenvalue weighted by molar-refractivity contribution is 5.83. The molecule has 146 valence electrons. The highest BCUT2D eigenvalue weighted by Crippen LogP contribution is 2.11. The SMILES string of the molecule is Cc1nn(CC(=O)NCCCN(C)Cc2ccccc2)c(=O)c2ccccc12. The van der Waals surface area contributed by atoms with Crippen LogP contribution < -0.4 is 10.9 Å². The summed E-state index contributed by atoms with van der Waals surface area (Å²) in [5.41, 5.74) is 1.77. The largest absolute Gasteiger partial charge is 0.354 e. The summed E-state index contributed by atoms with van der Waals surface area (Å²) in [5.74, 6) is -0.199. The first kappa shape index (κ1) is 19.8. The van der Waals surface area contributed by atoms with Gasteiger partial charge in [-0.1, -0.05) is 48.5 Å². The number of amides is 1. The highest BCUT2D eigenvalue weighted by Gasteiger charge is 2.10. The third-order valence-corrected chi connectivity index (χ3v) is 4.68. The van der Waals surface area contributed by atoms with Crippen molar-refractivity contribution in [2.45, 2.75) is 26.4 Å². The second-order valence-electron chi connectivity index (χ2n) is 7.02. The molecule has 0 radical (unpaired) electrons. The molecule has 6 heteroatoms. The van der Waals surface area contributed by atoms with Gasteiger partial charge in [0.25, 0.3) is 5.56 Å². The van der Waals surface area contributed by atoms with Gasteiger partial charge in [0, 0.05) is 18.5 Å². The van der Waals surface area contributed by atoms with Crippen LogP contribution in [-0.2, 0) is 17.9 Å². The summed E-state index contributed by atoms with van der Waals surface area (Å²) in [6, 6.07) is 17.6. The number of benzene rings is 2. The van der Waals surface area contributed by atoms with Crippen molar-refractivity contribution in [2.75, 3.05) is 20.1 Å². The van der Waals surface area contributed by atoms with E-state index in [-0.39, 0.29) is 18.0 Å². The average molecular weight is 378 g/mol. The van der Waals surface area contributed by atoms with Crippen LogP contribution in [0, 0.1) is 6.92 Å². The molecule has 0 bridgehead atoms. The normalized spacial score (nSPS) is 11.1. The van der Waals surface area contributed by atoms with Crippen molar-refractivity contribution >= 4 is 16.7 Å². The Bertz CT molecular complexity index is 998. The number of fused-ring (bicyclic) bond motifs is 1. The van der Waals surface area contributed by atoms with Crippen LogP contribution in [0.15, 0.2) is 59.4 Å². The number of hydrogen-bond donors (Lipinski definition) is 1. The summed E-state index contributed by atoms with van der Waals surface area (Å²) in [6.07, 6.45) is 0.841. The lowest BCUT2D eigenvalue weighted by molar-refractivity contribution is -0.121. The zero-order chi connectivity index (χ0) is 19.9. The number of carbonyl (C=O) groups excluding carboxylic acids is 1. The predicted molar refractivity (Wildman–Crippen MR) is 111 cm³/mol. The molecule has 1 N–H and O–H groups in total. The molecule has 3 aromatic rings. The molecular formula is C22H26N4O2. The van der Waals surface area contributed by atoms with E-state index in [4.69, 9.17) is 0 Å². The molecule has 0 saturated carbocycles. The summed E-state index contributed by atoms with van der Waals surface area (Å²) in [6.45, 7) is 4.11. The zero-order valence-electron chi connectivity index (χ0n) is 16.4. The van der Waals surface area contributed by atoms with E-state index in [2.05, 4.69) is 34.5 Å². The monoisotopic (exact) mass is 378 g/mol. The fourth-order valence-electron chi connectivity index (χ4n) is 3.25. The minimum atomic E-state index is -0.237. The number of aryl methyl sites for hydroxylation is 1. The molecule has 1 amide bonds. The zero-order valence-corrected chi connectivity index (χ0v) is 16.4. The first-order valence-corrected chi connectivity index (χ1v) is 9.50. The standard InChI is InChI=1S/C22H26N4O2/c1-17-19-11-6-7-12-20(19)22(28)26(24-17)16-21(27)23-13-8-14-25(2)15-18-9-4-3-5-10-18/h3-7,9-12H,8,13-16H2,1-2H3,(H,23,27). The summed E-state index contributed by atoms with van der Waals surface area (Å²) >= 11 is 0. The van der Waals surface area contributed by atoms with Crippen LogP contribution in [0.1, 0.15) is 17.7 Å². The molecule has 1 aromatic heterocycles. The molecule has 0 atom stereocenters. The van der Waals surface area contributed by atoms with Crippen LogP contribution in [-0.4, -0.2) is 40.7 Å². The maximum atomic E-state index is 12.5. The Balaban J connectivity index is 1.48. The van der Waals surface area contributed by atoms with Gasteiger partial charge in [-0.2, -0.15) is 5.10 Å². The van der Waals surface area contributed by atoms with Crippen molar-refractivity contribution < 1.29 is 4.79 Å². The third-order valence-electron chi connectivity index (χ3n) is 4.68. The quantitative estimate of drug-likeness (QED) is 0.611. The van der Waals surface area contributed by atoms with Crippen molar-refractivity contribution in [1.82, 2.24) is 20.0 Å². The number of nitrogens with one attached hydrogen (secondary N) is 1. The van der Waals surface area contributed by atoms with Crippen LogP contribution >= 0.6 is 0 Å². The van der Waals surface area contributed by atoms with Crippen LogP contribution in [0.4, 0.5) is 0 Å². The number of aromatic nitrogens is 2. The topological polar surface area (TPSA) is 67.2 Å². The van der Waals surface area contributed by atoms with Gasteiger partial charge in [-0.3, -0.25) is 9.59 Å².